The number of nitriles is 1. The van der Waals surface area contributed by atoms with Crippen molar-refractivity contribution in [1.82, 2.24) is 0 Å². The van der Waals surface area contributed by atoms with Crippen molar-refractivity contribution in [2.24, 2.45) is 0 Å². The third kappa shape index (κ3) is 4.38. The summed E-state index contributed by atoms with van der Waals surface area (Å²) in [5, 5.41) is 8.73. The summed E-state index contributed by atoms with van der Waals surface area (Å²) in [7, 11) is 0. The van der Waals surface area contributed by atoms with Crippen LogP contribution >= 0.6 is 0 Å². The van der Waals surface area contributed by atoms with E-state index in [2.05, 4.69) is 0 Å². The van der Waals surface area contributed by atoms with Crippen molar-refractivity contribution >= 4 is 11.8 Å². The van der Waals surface area contributed by atoms with Gasteiger partial charge in [-0.2, -0.15) is 5.26 Å². The van der Waals surface area contributed by atoms with Gasteiger partial charge in [0.2, 0.25) is 0 Å². The molecule has 0 aromatic heterocycles. The van der Waals surface area contributed by atoms with Gasteiger partial charge in [-0.15, -0.1) is 0 Å². The van der Waals surface area contributed by atoms with E-state index < -0.39 is 0 Å². The Morgan fingerprint density at radius 1 is 1.33 bits per heavy atom. The van der Waals surface area contributed by atoms with Crippen LogP contribution in [0.5, 0.6) is 0 Å². The first-order chi connectivity index (χ1) is 8.67. The van der Waals surface area contributed by atoms with Gasteiger partial charge in [-0.1, -0.05) is 12.1 Å². The highest BCUT2D eigenvalue weighted by molar-refractivity contribution is 5.96. The van der Waals surface area contributed by atoms with E-state index in [1.54, 1.807) is 31.2 Å². The highest BCUT2D eigenvalue weighted by Gasteiger charge is 2.08. The number of esters is 1. The van der Waals surface area contributed by atoms with Crippen molar-refractivity contribution < 1.29 is 14.3 Å². The van der Waals surface area contributed by atoms with Crippen LogP contribution in [-0.2, 0) is 9.53 Å². The van der Waals surface area contributed by atoms with E-state index in [-0.39, 0.29) is 24.6 Å². The van der Waals surface area contributed by atoms with Crippen LogP contribution in [-0.4, -0.2) is 18.4 Å². The predicted molar refractivity (Wildman–Crippen MR) is 66.0 cm³/mol. The molecule has 18 heavy (non-hydrogen) atoms. The predicted octanol–water partition coefficient (Wildman–Crippen LogP) is 2.47. The average Bonchev–Trinajstić information content (AvgIpc) is 2.39. The molecule has 94 valence electrons. The lowest BCUT2D eigenvalue weighted by Gasteiger charge is -2.02. The maximum Gasteiger partial charge on any atom is 0.305 e. The van der Waals surface area contributed by atoms with Gasteiger partial charge in [-0.3, -0.25) is 9.59 Å². The summed E-state index contributed by atoms with van der Waals surface area (Å²) in [4.78, 5) is 22.9. The number of Topliss-reactive ketones (excluding diaryl/α,β-unsaturated/α-hetero) is 1. The number of ether oxygens (including phenoxy) is 1. The van der Waals surface area contributed by atoms with Gasteiger partial charge in [-0.05, 0) is 25.5 Å². The second-order valence-electron chi connectivity index (χ2n) is 3.77. The molecule has 0 spiro atoms. The van der Waals surface area contributed by atoms with Crippen LogP contribution in [0, 0.1) is 11.3 Å². The van der Waals surface area contributed by atoms with E-state index in [1.165, 1.54) is 0 Å². The molecule has 0 amide bonds. The van der Waals surface area contributed by atoms with Gasteiger partial charge in [0.25, 0.3) is 0 Å². The first-order valence-electron chi connectivity index (χ1n) is 5.86. The summed E-state index contributed by atoms with van der Waals surface area (Å²) in [6.45, 7) is 2.10. The number of benzene rings is 1. The smallest absolute Gasteiger partial charge is 0.305 e. The number of hydrogen-bond acceptors (Lipinski definition) is 4. The minimum absolute atomic E-state index is 0.0589. The average molecular weight is 245 g/mol. The molecular weight excluding hydrogens is 230 g/mol. The van der Waals surface area contributed by atoms with Gasteiger partial charge in [-0.25, -0.2) is 0 Å². The van der Waals surface area contributed by atoms with Crippen LogP contribution in [0.1, 0.15) is 42.1 Å². The Morgan fingerprint density at radius 2 is 2.11 bits per heavy atom. The maximum absolute atomic E-state index is 11.8. The maximum atomic E-state index is 11.8. The van der Waals surface area contributed by atoms with E-state index in [0.717, 1.165) is 0 Å². The zero-order chi connectivity index (χ0) is 13.4. The lowest BCUT2D eigenvalue weighted by Crippen LogP contribution is -2.06. The van der Waals surface area contributed by atoms with Crippen LogP contribution in [0.3, 0.4) is 0 Å². The Bertz CT molecular complexity index is 474. The molecule has 0 atom stereocenters. The molecule has 0 bridgehead atoms. The summed E-state index contributed by atoms with van der Waals surface area (Å²) in [6.07, 6.45) is 1.000. The standard InChI is InChI=1S/C14H15NO3/c1-2-18-14(17)8-4-7-13(16)12-6-3-5-11(9-12)10-15/h3,5-6,9H,2,4,7-8H2,1H3. The molecule has 0 aliphatic heterocycles. The molecule has 0 N–H and O–H groups in total. The van der Waals surface area contributed by atoms with E-state index in [0.29, 0.717) is 24.2 Å². The fraction of sp³-hybridized carbons (Fsp3) is 0.357. The first kappa shape index (κ1) is 13.9. The quantitative estimate of drug-likeness (QED) is 0.570. The third-order valence-electron chi connectivity index (χ3n) is 2.40. The highest BCUT2D eigenvalue weighted by Crippen LogP contribution is 2.09. The van der Waals surface area contributed by atoms with Gasteiger partial charge in [0.15, 0.2) is 5.78 Å². The SMILES string of the molecule is CCOC(=O)CCCC(=O)c1cccc(C#N)c1. The second kappa shape index (κ2) is 7.23. The molecular formula is C14H15NO3. The Kier molecular flexibility index (Phi) is 5.59. The molecule has 0 radical (unpaired) electrons. The van der Waals surface area contributed by atoms with Crippen LogP contribution in [0.15, 0.2) is 24.3 Å². The number of carbonyl (C=O) groups is 2. The van der Waals surface area contributed by atoms with Crippen LogP contribution in [0.4, 0.5) is 0 Å². The number of carbonyl (C=O) groups excluding carboxylic acids is 2. The van der Waals surface area contributed by atoms with Crippen LogP contribution in [0.2, 0.25) is 0 Å². The largest absolute Gasteiger partial charge is 0.466 e. The fourth-order valence-electron chi connectivity index (χ4n) is 1.53. The van der Waals surface area contributed by atoms with Crippen molar-refractivity contribution in [3.8, 4) is 6.07 Å². The normalized spacial score (nSPS) is 9.56. The topological polar surface area (TPSA) is 67.2 Å². The lowest BCUT2D eigenvalue weighted by molar-refractivity contribution is -0.143. The molecule has 0 saturated carbocycles. The Hall–Kier alpha value is -2.15. The Balaban J connectivity index is 2.46. The summed E-state index contributed by atoms with van der Waals surface area (Å²) >= 11 is 0. The molecule has 0 aliphatic rings. The fourth-order valence-corrected chi connectivity index (χ4v) is 1.53. The van der Waals surface area contributed by atoms with E-state index in [9.17, 15) is 9.59 Å². The monoisotopic (exact) mass is 245 g/mol. The van der Waals surface area contributed by atoms with Crippen LogP contribution < -0.4 is 0 Å². The molecule has 0 heterocycles. The van der Waals surface area contributed by atoms with E-state index in [4.69, 9.17) is 10.00 Å². The number of hydrogen-bond donors (Lipinski definition) is 0. The molecule has 0 aliphatic carbocycles. The molecule has 0 unspecified atom stereocenters. The molecule has 1 aromatic rings. The Morgan fingerprint density at radius 3 is 2.78 bits per heavy atom. The zero-order valence-electron chi connectivity index (χ0n) is 10.3. The highest BCUT2D eigenvalue weighted by atomic mass is 16.5. The molecule has 4 nitrogen and oxygen atoms in total. The van der Waals surface area contributed by atoms with Crippen molar-refractivity contribution in [2.75, 3.05) is 6.61 Å². The van der Waals surface area contributed by atoms with Crippen molar-refractivity contribution in [3.63, 3.8) is 0 Å². The first-order valence-corrected chi connectivity index (χ1v) is 5.86. The minimum atomic E-state index is -0.281. The Labute approximate surface area is 106 Å². The van der Waals surface area contributed by atoms with E-state index >= 15 is 0 Å². The lowest BCUT2D eigenvalue weighted by atomic mass is 10.0. The summed E-state index contributed by atoms with van der Waals surface area (Å²) in [5.74, 6) is -0.340. The van der Waals surface area contributed by atoms with E-state index in [1.807, 2.05) is 6.07 Å². The summed E-state index contributed by atoms with van der Waals surface area (Å²) in [5.41, 5.74) is 0.976. The number of ketones is 1. The van der Waals surface area contributed by atoms with Gasteiger partial charge in [0.05, 0.1) is 18.2 Å². The molecule has 1 aromatic carbocycles. The van der Waals surface area contributed by atoms with Gasteiger partial charge in [0.1, 0.15) is 0 Å². The van der Waals surface area contributed by atoms with Gasteiger partial charge >= 0.3 is 5.97 Å². The van der Waals surface area contributed by atoms with Crippen LogP contribution in [0.25, 0.3) is 0 Å². The number of rotatable bonds is 6. The van der Waals surface area contributed by atoms with Crippen molar-refractivity contribution in [2.45, 2.75) is 26.2 Å². The third-order valence-corrected chi connectivity index (χ3v) is 2.40. The molecule has 1 rings (SSSR count). The second-order valence-corrected chi connectivity index (χ2v) is 3.77. The zero-order valence-corrected chi connectivity index (χ0v) is 10.3. The molecule has 4 heteroatoms. The molecule has 0 fully saturated rings. The van der Waals surface area contributed by atoms with Gasteiger partial charge < -0.3 is 4.74 Å². The minimum Gasteiger partial charge on any atom is -0.466 e. The summed E-state index contributed by atoms with van der Waals surface area (Å²) < 4.78 is 4.77. The molecule has 0 saturated heterocycles. The van der Waals surface area contributed by atoms with Crippen molar-refractivity contribution in [3.05, 3.63) is 35.4 Å². The van der Waals surface area contributed by atoms with Gasteiger partial charge in [0, 0.05) is 18.4 Å². The number of nitrogens with zero attached hydrogens (tertiary/aromatic N) is 1. The summed E-state index contributed by atoms with van der Waals surface area (Å²) in [6, 6.07) is 8.55. The van der Waals surface area contributed by atoms with Crippen molar-refractivity contribution in [1.29, 1.82) is 5.26 Å².